The van der Waals surface area contributed by atoms with Crippen molar-refractivity contribution in [2.45, 2.75) is 65.2 Å². The molecule has 1 aromatic heterocycles. The molecule has 2 amide bonds. The summed E-state index contributed by atoms with van der Waals surface area (Å²) in [6, 6.07) is 5.93. The van der Waals surface area contributed by atoms with Gasteiger partial charge in [-0.25, -0.2) is 18.4 Å². The van der Waals surface area contributed by atoms with Crippen molar-refractivity contribution in [3.05, 3.63) is 68.9 Å². The lowest BCUT2D eigenvalue weighted by atomic mass is 10.1. The Morgan fingerprint density at radius 2 is 1.93 bits per heavy atom. The van der Waals surface area contributed by atoms with Gasteiger partial charge in [-0.1, -0.05) is 17.7 Å². The highest BCUT2D eigenvalue weighted by atomic mass is 35.5. The van der Waals surface area contributed by atoms with Crippen molar-refractivity contribution in [3.8, 4) is 11.4 Å². The van der Waals surface area contributed by atoms with Gasteiger partial charge in [-0.3, -0.25) is 9.36 Å². The number of hydrogen-bond donors (Lipinski definition) is 2. The summed E-state index contributed by atoms with van der Waals surface area (Å²) in [5.74, 6) is -2.21. The number of carbonyl (C=O) groups excluding carboxylic acids is 2. The third kappa shape index (κ3) is 6.61. The lowest BCUT2D eigenvalue weighted by molar-refractivity contribution is 0.0504. The highest BCUT2D eigenvalue weighted by Crippen LogP contribution is 2.30. The molecule has 2 N–H and O–H groups in total. The van der Waals surface area contributed by atoms with Gasteiger partial charge in [0, 0.05) is 19.0 Å². The summed E-state index contributed by atoms with van der Waals surface area (Å²) in [6.45, 7) is 7.20. The van der Waals surface area contributed by atoms with E-state index in [1.54, 1.807) is 27.7 Å². The first-order chi connectivity index (χ1) is 18.8. The van der Waals surface area contributed by atoms with Crippen molar-refractivity contribution in [1.29, 1.82) is 0 Å². The van der Waals surface area contributed by atoms with Crippen molar-refractivity contribution in [2.75, 3.05) is 11.9 Å². The summed E-state index contributed by atoms with van der Waals surface area (Å²) >= 11 is 6.04. The molecule has 40 heavy (non-hydrogen) atoms. The third-order valence-corrected chi connectivity index (χ3v) is 6.27. The molecule has 1 aliphatic heterocycles. The number of benzene rings is 2. The summed E-state index contributed by atoms with van der Waals surface area (Å²) in [4.78, 5) is 38.3. The fourth-order valence-corrected chi connectivity index (χ4v) is 4.34. The molecule has 0 saturated carbocycles. The normalized spacial score (nSPS) is 13.8. The lowest BCUT2D eigenvalue weighted by Crippen LogP contribution is -2.38. The number of hydrogen-bond acceptors (Lipinski definition) is 6. The Labute approximate surface area is 234 Å². The average Bonchev–Trinajstić information content (AvgIpc) is 3.21. The number of ether oxygens (including phenoxy) is 2. The number of alkyl carbamates (subject to hydrolysis) is 1. The minimum absolute atomic E-state index is 0.0272. The number of nitrogens with one attached hydrogen (secondary N) is 2. The van der Waals surface area contributed by atoms with E-state index in [4.69, 9.17) is 21.1 Å². The van der Waals surface area contributed by atoms with Gasteiger partial charge in [0.1, 0.15) is 40.6 Å². The van der Waals surface area contributed by atoms with Gasteiger partial charge in [0.25, 0.3) is 5.91 Å². The molecule has 13 heteroatoms. The van der Waals surface area contributed by atoms with Crippen LogP contribution in [0.5, 0.6) is 5.75 Å². The number of rotatable bonds is 7. The largest absolute Gasteiger partial charge is 0.488 e. The molecule has 3 aromatic rings. The van der Waals surface area contributed by atoms with Gasteiger partial charge in [-0.15, -0.1) is 5.10 Å². The van der Waals surface area contributed by atoms with E-state index < -0.39 is 41.0 Å². The standard InChI is InChI=1S/C27H30ClF2N5O5/c1-15(14-31-25(37)40-27(2,3)4)39-21-13-20(35-26(38)34-11-6-5-10-22(34)33-35)19(30)12-16(21)24(36)32-23-17(28)8-7-9-18(23)29/h7-9,12-13,15H,5-6,10-11,14H2,1-4H3,(H,31,37)(H,32,36). The van der Waals surface area contributed by atoms with E-state index in [1.807, 2.05) is 0 Å². The molecular weight excluding hydrogens is 548 g/mol. The molecule has 2 aromatic carbocycles. The van der Waals surface area contributed by atoms with E-state index in [9.17, 15) is 18.8 Å². The van der Waals surface area contributed by atoms with Crippen molar-refractivity contribution < 1.29 is 27.8 Å². The summed E-state index contributed by atoms with van der Waals surface area (Å²) < 4.78 is 43.4. The van der Waals surface area contributed by atoms with Crippen LogP contribution >= 0.6 is 11.6 Å². The van der Waals surface area contributed by atoms with E-state index in [0.717, 1.165) is 29.7 Å². The maximum absolute atomic E-state index is 15.4. The summed E-state index contributed by atoms with van der Waals surface area (Å²) in [5.41, 5.74) is -2.04. The van der Waals surface area contributed by atoms with Crippen LogP contribution in [0.3, 0.4) is 0 Å². The number of aromatic nitrogens is 3. The van der Waals surface area contributed by atoms with Gasteiger partial charge in [-0.2, -0.15) is 4.68 Å². The van der Waals surface area contributed by atoms with E-state index in [-0.39, 0.29) is 34.3 Å². The molecule has 0 aliphatic carbocycles. The molecular formula is C27H30ClF2N5O5. The molecule has 1 atom stereocenters. The highest BCUT2D eigenvalue weighted by molar-refractivity contribution is 6.34. The van der Waals surface area contributed by atoms with Gasteiger partial charge in [0.2, 0.25) is 0 Å². The Balaban J connectivity index is 1.68. The Bertz CT molecular complexity index is 1480. The Morgan fingerprint density at radius 3 is 2.60 bits per heavy atom. The van der Waals surface area contributed by atoms with Gasteiger partial charge < -0.3 is 20.1 Å². The van der Waals surface area contributed by atoms with Crippen LogP contribution in [0.2, 0.25) is 5.02 Å². The van der Waals surface area contributed by atoms with E-state index in [1.165, 1.54) is 22.8 Å². The van der Waals surface area contributed by atoms with Crippen molar-refractivity contribution in [1.82, 2.24) is 19.7 Å². The van der Waals surface area contributed by atoms with Crippen LogP contribution in [-0.2, 0) is 17.7 Å². The Kier molecular flexibility index (Phi) is 8.48. The molecule has 1 aliphatic rings. The smallest absolute Gasteiger partial charge is 0.407 e. The second-order valence-corrected chi connectivity index (χ2v) is 10.8. The maximum Gasteiger partial charge on any atom is 0.407 e. The quantitative estimate of drug-likeness (QED) is 0.415. The van der Waals surface area contributed by atoms with Gasteiger partial charge in [-0.05, 0) is 58.7 Å². The van der Waals surface area contributed by atoms with Crippen LogP contribution in [0.4, 0.5) is 19.3 Å². The fourth-order valence-electron chi connectivity index (χ4n) is 4.13. The minimum Gasteiger partial charge on any atom is -0.488 e. The zero-order valence-corrected chi connectivity index (χ0v) is 23.3. The first-order valence-corrected chi connectivity index (χ1v) is 13.1. The van der Waals surface area contributed by atoms with Crippen LogP contribution in [0.1, 0.15) is 56.7 Å². The third-order valence-electron chi connectivity index (χ3n) is 5.96. The molecule has 0 bridgehead atoms. The zero-order chi connectivity index (χ0) is 29.2. The Morgan fingerprint density at radius 1 is 1.18 bits per heavy atom. The van der Waals surface area contributed by atoms with Crippen molar-refractivity contribution in [2.24, 2.45) is 0 Å². The van der Waals surface area contributed by atoms with Crippen LogP contribution in [-0.4, -0.2) is 44.6 Å². The zero-order valence-electron chi connectivity index (χ0n) is 22.5. The molecule has 0 radical (unpaired) electrons. The van der Waals surface area contributed by atoms with Crippen LogP contribution in [0.15, 0.2) is 35.1 Å². The summed E-state index contributed by atoms with van der Waals surface area (Å²) in [7, 11) is 0. The maximum atomic E-state index is 15.4. The number of para-hydroxylation sites is 1. The molecule has 0 spiro atoms. The minimum atomic E-state index is -0.922. The van der Waals surface area contributed by atoms with E-state index in [0.29, 0.717) is 18.8 Å². The number of fused-ring (bicyclic) bond motifs is 1. The van der Waals surface area contributed by atoms with Crippen molar-refractivity contribution in [3.63, 3.8) is 0 Å². The number of amides is 2. The number of halogens is 3. The predicted octanol–water partition coefficient (Wildman–Crippen LogP) is 4.85. The van der Waals surface area contributed by atoms with Gasteiger partial charge in [0.15, 0.2) is 0 Å². The van der Waals surface area contributed by atoms with E-state index >= 15 is 4.39 Å². The molecule has 4 rings (SSSR count). The molecule has 0 saturated heterocycles. The summed E-state index contributed by atoms with van der Waals surface area (Å²) in [5, 5.41) is 9.15. The van der Waals surface area contributed by atoms with E-state index in [2.05, 4.69) is 15.7 Å². The SMILES string of the molecule is CC(CNC(=O)OC(C)(C)C)Oc1cc(-n2nc3n(c2=O)CCCC3)c(F)cc1C(=O)Nc1c(F)cccc1Cl. The van der Waals surface area contributed by atoms with Gasteiger partial charge in [0.05, 0.1) is 22.8 Å². The topological polar surface area (TPSA) is 116 Å². The van der Waals surface area contributed by atoms with Crippen LogP contribution < -0.4 is 21.1 Å². The number of aryl methyl sites for hydroxylation is 1. The monoisotopic (exact) mass is 577 g/mol. The predicted molar refractivity (Wildman–Crippen MR) is 144 cm³/mol. The molecule has 10 nitrogen and oxygen atoms in total. The van der Waals surface area contributed by atoms with Crippen molar-refractivity contribution >= 4 is 29.3 Å². The first-order valence-electron chi connectivity index (χ1n) is 12.8. The number of carbonyl (C=O) groups is 2. The average molecular weight is 578 g/mol. The second-order valence-electron chi connectivity index (χ2n) is 10.4. The second kappa shape index (κ2) is 11.7. The molecule has 0 fully saturated rings. The lowest BCUT2D eigenvalue weighted by Gasteiger charge is -2.22. The molecule has 214 valence electrons. The number of nitrogens with zero attached hydrogens (tertiary/aromatic N) is 3. The number of anilines is 1. The highest BCUT2D eigenvalue weighted by Gasteiger charge is 2.25. The molecule has 2 heterocycles. The van der Waals surface area contributed by atoms with Crippen LogP contribution in [0, 0.1) is 11.6 Å². The molecule has 1 unspecified atom stereocenters. The fraction of sp³-hybridized carbons (Fsp3) is 0.407. The van der Waals surface area contributed by atoms with Gasteiger partial charge >= 0.3 is 11.8 Å². The Hall–Kier alpha value is -3.93. The summed E-state index contributed by atoms with van der Waals surface area (Å²) in [6.07, 6.45) is 0.818. The van der Waals surface area contributed by atoms with Crippen LogP contribution in [0.25, 0.3) is 5.69 Å². The first kappa shape index (κ1) is 29.1.